The zero-order valence-electron chi connectivity index (χ0n) is 22.2. The van der Waals surface area contributed by atoms with Crippen LogP contribution in [0, 0.1) is 5.82 Å². The summed E-state index contributed by atoms with van der Waals surface area (Å²) in [4.78, 5) is 36.5. The Kier molecular flexibility index (Phi) is 8.03. The fraction of sp³-hybridized carbons (Fsp3) is 0.310. The van der Waals surface area contributed by atoms with Crippen molar-refractivity contribution in [2.45, 2.75) is 18.9 Å². The maximum atomic E-state index is 14.8. The highest BCUT2D eigenvalue weighted by Crippen LogP contribution is 2.39. The standard InChI is InChI=1S/C29H29FN6O4S/c30-21-15-20(35-29(38)34-19-2-3-19)4-6-24(21)40-25-7-8-31-23-16-26(41-27(23)25)22-5-1-18(17-33-22)28(37)32-9-10-36-11-13-39-14-12-36/h1,4-8,15-17,19H,2-3,9-14H2,(H,32,37)(H2,34,35,38). The summed E-state index contributed by atoms with van der Waals surface area (Å²) >= 11 is 1.42. The Morgan fingerprint density at radius 3 is 2.68 bits per heavy atom. The number of morpholine rings is 1. The van der Waals surface area contributed by atoms with Gasteiger partial charge in [0.1, 0.15) is 5.75 Å². The summed E-state index contributed by atoms with van der Waals surface area (Å²) in [5.74, 6) is -0.287. The number of nitrogens with zero attached hydrogens (tertiary/aromatic N) is 3. The number of fused-ring (bicyclic) bond motifs is 1. The molecule has 1 aliphatic heterocycles. The summed E-state index contributed by atoms with van der Waals surface area (Å²) in [6.07, 6.45) is 5.09. The number of rotatable bonds is 9. The number of ether oxygens (including phenoxy) is 2. The van der Waals surface area contributed by atoms with Crippen LogP contribution in [0.5, 0.6) is 11.5 Å². The summed E-state index contributed by atoms with van der Waals surface area (Å²) < 4.78 is 26.9. The van der Waals surface area contributed by atoms with E-state index in [1.807, 2.05) is 6.07 Å². The van der Waals surface area contributed by atoms with E-state index in [2.05, 4.69) is 30.8 Å². The summed E-state index contributed by atoms with van der Waals surface area (Å²) in [6.45, 7) is 4.54. The lowest BCUT2D eigenvalue weighted by atomic mass is 10.2. The molecular weight excluding hydrogens is 547 g/mol. The first-order valence-corrected chi connectivity index (χ1v) is 14.3. The first-order valence-electron chi connectivity index (χ1n) is 13.5. The molecule has 3 N–H and O–H groups in total. The van der Waals surface area contributed by atoms with E-state index >= 15 is 0 Å². The number of halogens is 1. The smallest absolute Gasteiger partial charge is 0.319 e. The van der Waals surface area contributed by atoms with Crippen molar-refractivity contribution < 1.29 is 23.5 Å². The van der Waals surface area contributed by atoms with Gasteiger partial charge in [0.05, 0.1) is 39.6 Å². The predicted molar refractivity (Wildman–Crippen MR) is 154 cm³/mol. The molecule has 1 aromatic carbocycles. The molecule has 2 aliphatic rings. The number of carbonyl (C=O) groups is 2. The van der Waals surface area contributed by atoms with Crippen molar-refractivity contribution in [1.29, 1.82) is 0 Å². The Morgan fingerprint density at radius 2 is 1.93 bits per heavy atom. The van der Waals surface area contributed by atoms with E-state index in [1.165, 1.54) is 23.5 Å². The van der Waals surface area contributed by atoms with E-state index in [-0.39, 0.29) is 23.7 Å². The average Bonchev–Trinajstić information content (AvgIpc) is 3.68. The van der Waals surface area contributed by atoms with Crippen LogP contribution in [-0.4, -0.2) is 72.2 Å². The third kappa shape index (κ3) is 6.79. The molecule has 4 heterocycles. The number of urea groups is 1. The van der Waals surface area contributed by atoms with E-state index in [0.717, 1.165) is 55.3 Å². The van der Waals surface area contributed by atoms with Crippen LogP contribution >= 0.6 is 11.3 Å². The number of anilines is 1. The molecule has 3 amide bonds. The molecule has 12 heteroatoms. The average molecular weight is 577 g/mol. The van der Waals surface area contributed by atoms with Crippen LogP contribution in [0.1, 0.15) is 23.2 Å². The van der Waals surface area contributed by atoms with Gasteiger partial charge in [-0.3, -0.25) is 19.7 Å². The number of hydrogen-bond acceptors (Lipinski definition) is 8. The highest BCUT2D eigenvalue weighted by Gasteiger charge is 2.23. The zero-order valence-corrected chi connectivity index (χ0v) is 23.0. The molecule has 1 saturated carbocycles. The number of thiophene rings is 1. The molecule has 41 heavy (non-hydrogen) atoms. The molecule has 0 radical (unpaired) electrons. The van der Waals surface area contributed by atoms with Crippen molar-refractivity contribution in [3.05, 3.63) is 66.2 Å². The second-order valence-electron chi connectivity index (χ2n) is 9.90. The lowest BCUT2D eigenvalue weighted by Gasteiger charge is -2.26. The molecule has 212 valence electrons. The molecular formula is C29H29FN6O4S. The number of carbonyl (C=O) groups excluding carboxylic acids is 2. The monoisotopic (exact) mass is 576 g/mol. The highest BCUT2D eigenvalue weighted by molar-refractivity contribution is 7.22. The molecule has 0 spiro atoms. The van der Waals surface area contributed by atoms with Gasteiger partial charge in [-0.15, -0.1) is 11.3 Å². The van der Waals surface area contributed by atoms with Crippen LogP contribution in [0.15, 0.2) is 54.9 Å². The molecule has 3 aromatic heterocycles. The van der Waals surface area contributed by atoms with Gasteiger partial charge >= 0.3 is 6.03 Å². The third-order valence-corrected chi connectivity index (χ3v) is 7.95. The molecule has 1 saturated heterocycles. The van der Waals surface area contributed by atoms with Crippen molar-refractivity contribution in [1.82, 2.24) is 25.5 Å². The van der Waals surface area contributed by atoms with Crippen LogP contribution in [0.2, 0.25) is 0 Å². The van der Waals surface area contributed by atoms with E-state index in [9.17, 15) is 14.0 Å². The Labute approximate surface area is 239 Å². The molecule has 0 bridgehead atoms. The van der Waals surface area contributed by atoms with Gasteiger partial charge in [-0.2, -0.15) is 0 Å². The fourth-order valence-electron chi connectivity index (χ4n) is 4.41. The van der Waals surface area contributed by atoms with E-state index in [1.54, 1.807) is 36.7 Å². The predicted octanol–water partition coefficient (Wildman–Crippen LogP) is 4.64. The Morgan fingerprint density at radius 1 is 1.07 bits per heavy atom. The van der Waals surface area contributed by atoms with Crippen molar-refractivity contribution in [2.24, 2.45) is 0 Å². The van der Waals surface area contributed by atoms with Crippen LogP contribution in [-0.2, 0) is 4.74 Å². The first-order chi connectivity index (χ1) is 20.0. The van der Waals surface area contributed by atoms with Gasteiger partial charge in [-0.1, -0.05) is 0 Å². The number of benzene rings is 1. The van der Waals surface area contributed by atoms with E-state index in [4.69, 9.17) is 9.47 Å². The second kappa shape index (κ2) is 12.2. The van der Waals surface area contributed by atoms with Gasteiger partial charge in [-0.25, -0.2) is 9.18 Å². The zero-order chi connectivity index (χ0) is 28.2. The third-order valence-electron chi connectivity index (χ3n) is 6.79. The normalized spacial score (nSPS) is 15.4. The summed E-state index contributed by atoms with van der Waals surface area (Å²) in [5.41, 5.74) is 2.20. The van der Waals surface area contributed by atoms with Crippen molar-refractivity contribution in [2.75, 3.05) is 44.7 Å². The van der Waals surface area contributed by atoms with Crippen LogP contribution < -0.4 is 20.7 Å². The van der Waals surface area contributed by atoms with E-state index < -0.39 is 5.82 Å². The van der Waals surface area contributed by atoms with Crippen molar-refractivity contribution >= 4 is 39.2 Å². The number of hydrogen-bond donors (Lipinski definition) is 3. The van der Waals surface area contributed by atoms with Crippen LogP contribution in [0.25, 0.3) is 20.8 Å². The fourth-order valence-corrected chi connectivity index (χ4v) is 5.45. The minimum absolute atomic E-state index is 0.0303. The van der Waals surface area contributed by atoms with Gasteiger partial charge in [0, 0.05) is 62.4 Å². The first kappa shape index (κ1) is 27.1. The molecule has 0 atom stereocenters. The molecule has 10 nitrogen and oxygen atoms in total. The Bertz CT molecular complexity index is 1550. The molecule has 6 rings (SSSR count). The van der Waals surface area contributed by atoms with E-state index in [0.29, 0.717) is 34.8 Å². The number of aromatic nitrogens is 2. The van der Waals surface area contributed by atoms with Crippen LogP contribution in [0.4, 0.5) is 14.9 Å². The number of nitrogens with one attached hydrogen (secondary N) is 3. The lowest BCUT2D eigenvalue weighted by Crippen LogP contribution is -2.41. The summed E-state index contributed by atoms with van der Waals surface area (Å²) in [5, 5.41) is 8.38. The number of amides is 3. The lowest BCUT2D eigenvalue weighted by molar-refractivity contribution is 0.0383. The Balaban J connectivity index is 1.10. The quantitative estimate of drug-likeness (QED) is 0.266. The summed E-state index contributed by atoms with van der Waals surface area (Å²) in [7, 11) is 0. The van der Waals surface area contributed by atoms with Crippen molar-refractivity contribution in [3.8, 4) is 22.1 Å². The van der Waals surface area contributed by atoms with Gasteiger partial charge < -0.3 is 25.4 Å². The molecule has 0 unspecified atom stereocenters. The van der Waals surface area contributed by atoms with Gasteiger partial charge in [-0.05, 0) is 43.2 Å². The van der Waals surface area contributed by atoms with Gasteiger partial charge in [0.2, 0.25) is 0 Å². The maximum absolute atomic E-state index is 14.8. The van der Waals surface area contributed by atoms with Gasteiger partial charge in [0.25, 0.3) is 5.91 Å². The molecule has 2 fully saturated rings. The molecule has 1 aliphatic carbocycles. The topological polar surface area (TPSA) is 118 Å². The summed E-state index contributed by atoms with van der Waals surface area (Å²) in [6, 6.07) is 11.3. The highest BCUT2D eigenvalue weighted by atomic mass is 32.1. The van der Waals surface area contributed by atoms with Crippen molar-refractivity contribution in [3.63, 3.8) is 0 Å². The number of pyridine rings is 2. The van der Waals surface area contributed by atoms with Gasteiger partial charge in [0.15, 0.2) is 11.6 Å². The molecule has 4 aromatic rings. The largest absolute Gasteiger partial charge is 0.453 e. The second-order valence-corrected chi connectivity index (χ2v) is 10.9. The van der Waals surface area contributed by atoms with Crippen LogP contribution in [0.3, 0.4) is 0 Å². The Hall–Kier alpha value is -4.13. The SMILES string of the molecule is O=C(Nc1ccc(Oc2ccnc3cc(-c4ccc(C(=O)NCCN5CCOCC5)cn4)sc23)c(F)c1)NC1CC1. The minimum atomic E-state index is -0.601. The minimum Gasteiger partial charge on any atom is -0.453 e. The maximum Gasteiger partial charge on any atom is 0.319 e.